The van der Waals surface area contributed by atoms with Gasteiger partial charge in [-0.2, -0.15) is 5.10 Å². The van der Waals surface area contributed by atoms with Crippen LogP contribution in [0.4, 0.5) is 0 Å². The number of rotatable bonds is 6. The summed E-state index contributed by atoms with van der Waals surface area (Å²) >= 11 is 3.38. The maximum absolute atomic E-state index is 12.2. The summed E-state index contributed by atoms with van der Waals surface area (Å²) in [6.45, 7) is 1.95. The molecule has 0 fully saturated rings. The molecule has 0 atom stereocenters. The summed E-state index contributed by atoms with van der Waals surface area (Å²) in [4.78, 5) is 24.3. The molecule has 0 saturated carbocycles. The summed E-state index contributed by atoms with van der Waals surface area (Å²) < 4.78 is 6.21. The predicted octanol–water partition coefficient (Wildman–Crippen LogP) is 5.14. The number of halogens is 1. The molecule has 1 amide bonds. The molecule has 5 nitrogen and oxygen atoms in total. The van der Waals surface area contributed by atoms with E-state index >= 15 is 0 Å². The van der Waals surface area contributed by atoms with Gasteiger partial charge in [0.25, 0.3) is 5.91 Å². The van der Waals surface area contributed by atoms with Crippen LogP contribution in [0.15, 0.2) is 88.4 Å². The Balaban J connectivity index is 1.67. The number of nitrogens with one attached hydrogen (secondary N) is 1. The van der Waals surface area contributed by atoms with Crippen molar-refractivity contribution >= 4 is 40.1 Å². The highest BCUT2D eigenvalue weighted by Crippen LogP contribution is 2.22. The van der Waals surface area contributed by atoms with Gasteiger partial charge in [0, 0.05) is 21.7 Å². The number of carbonyl (C=O) groups excluding carboxylic acids is 2. The molecular formula is C24H19BrN2O3. The van der Waals surface area contributed by atoms with Crippen molar-refractivity contribution in [1.29, 1.82) is 0 Å². The van der Waals surface area contributed by atoms with E-state index in [9.17, 15) is 9.59 Å². The molecule has 0 spiro atoms. The van der Waals surface area contributed by atoms with Gasteiger partial charge in [0.05, 0.1) is 6.21 Å². The van der Waals surface area contributed by atoms with E-state index in [0.717, 1.165) is 15.6 Å². The van der Waals surface area contributed by atoms with Crippen molar-refractivity contribution in [3.05, 3.63) is 106 Å². The molecule has 0 bridgehead atoms. The van der Waals surface area contributed by atoms with Crippen LogP contribution in [-0.4, -0.2) is 18.1 Å². The zero-order valence-corrected chi connectivity index (χ0v) is 17.8. The van der Waals surface area contributed by atoms with Crippen LogP contribution in [0.3, 0.4) is 0 Å². The van der Waals surface area contributed by atoms with Gasteiger partial charge in [0.15, 0.2) is 0 Å². The first-order valence-electron chi connectivity index (χ1n) is 9.16. The molecule has 6 heteroatoms. The monoisotopic (exact) mass is 462 g/mol. The van der Waals surface area contributed by atoms with E-state index < -0.39 is 5.97 Å². The van der Waals surface area contributed by atoms with Crippen LogP contribution in [0.2, 0.25) is 0 Å². The molecule has 1 N–H and O–H groups in total. The van der Waals surface area contributed by atoms with Crippen LogP contribution in [0.25, 0.3) is 6.08 Å². The number of ether oxygens (including phenoxy) is 1. The number of carbonyl (C=O) groups is 2. The fourth-order valence-corrected chi connectivity index (χ4v) is 2.89. The van der Waals surface area contributed by atoms with Crippen molar-refractivity contribution in [3.63, 3.8) is 0 Å². The highest BCUT2D eigenvalue weighted by molar-refractivity contribution is 9.10. The highest BCUT2D eigenvalue weighted by atomic mass is 79.9. The summed E-state index contributed by atoms with van der Waals surface area (Å²) in [6.07, 6.45) is 4.47. The van der Waals surface area contributed by atoms with Gasteiger partial charge < -0.3 is 4.74 Å². The highest BCUT2D eigenvalue weighted by Gasteiger charge is 2.08. The molecule has 3 aromatic carbocycles. The Bertz CT molecular complexity index is 1090. The Kier molecular flexibility index (Phi) is 7.29. The Hall–Kier alpha value is -3.51. The lowest BCUT2D eigenvalue weighted by Gasteiger charge is -2.06. The maximum atomic E-state index is 12.2. The van der Waals surface area contributed by atoms with Crippen LogP contribution in [-0.2, 0) is 4.79 Å². The number of benzene rings is 3. The van der Waals surface area contributed by atoms with Crippen molar-refractivity contribution in [2.45, 2.75) is 6.92 Å². The van der Waals surface area contributed by atoms with Crippen LogP contribution in [0.1, 0.15) is 27.0 Å². The lowest BCUT2D eigenvalue weighted by Crippen LogP contribution is -2.17. The standard InChI is InChI=1S/C24H19BrN2O3/c1-17-7-10-19(11-8-17)24(29)27-26-16-20-15-21(25)12-13-22(20)30-23(28)14-9-18-5-3-2-4-6-18/h2-16H,1H3,(H,27,29)/b14-9+,26-16-. The quantitative estimate of drug-likeness (QED) is 0.181. The molecule has 0 aliphatic heterocycles. The Morgan fingerprint density at radius 3 is 2.47 bits per heavy atom. The molecule has 0 aliphatic carbocycles. The summed E-state index contributed by atoms with van der Waals surface area (Å²) in [6, 6.07) is 21.8. The van der Waals surface area contributed by atoms with E-state index in [1.807, 2.05) is 49.4 Å². The number of hydrogen-bond acceptors (Lipinski definition) is 4. The van der Waals surface area contributed by atoms with Crippen molar-refractivity contribution in [2.24, 2.45) is 5.10 Å². The predicted molar refractivity (Wildman–Crippen MR) is 121 cm³/mol. The van der Waals surface area contributed by atoms with Crippen molar-refractivity contribution in [1.82, 2.24) is 5.43 Å². The molecule has 3 aromatic rings. The Morgan fingerprint density at radius 1 is 1.00 bits per heavy atom. The lowest BCUT2D eigenvalue weighted by molar-refractivity contribution is -0.128. The average Bonchev–Trinajstić information content (AvgIpc) is 2.75. The van der Waals surface area contributed by atoms with Crippen LogP contribution in [0, 0.1) is 6.92 Å². The first kappa shape index (κ1) is 21.2. The van der Waals surface area contributed by atoms with Crippen molar-refractivity contribution < 1.29 is 14.3 Å². The number of esters is 1. The SMILES string of the molecule is Cc1ccc(C(=O)N/N=C\c2cc(Br)ccc2OC(=O)/C=C/c2ccccc2)cc1. The van der Waals surface area contributed by atoms with Crippen molar-refractivity contribution in [3.8, 4) is 5.75 Å². The van der Waals surface area contributed by atoms with E-state index in [4.69, 9.17) is 4.74 Å². The molecule has 0 radical (unpaired) electrons. The van der Waals surface area contributed by atoms with E-state index in [2.05, 4.69) is 26.5 Å². The summed E-state index contributed by atoms with van der Waals surface area (Å²) in [5.74, 6) is -0.514. The van der Waals surface area contributed by atoms with Gasteiger partial charge >= 0.3 is 5.97 Å². The number of hydrazone groups is 1. The average molecular weight is 463 g/mol. The zero-order valence-electron chi connectivity index (χ0n) is 16.2. The summed E-state index contributed by atoms with van der Waals surface area (Å²) in [5, 5.41) is 3.99. The van der Waals surface area contributed by atoms with Gasteiger partial charge in [0.1, 0.15) is 5.75 Å². The van der Waals surface area contributed by atoms with E-state index in [-0.39, 0.29) is 5.91 Å². The third kappa shape index (κ3) is 6.25. The normalized spacial score (nSPS) is 11.0. The smallest absolute Gasteiger partial charge is 0.336 e. The minimum atomic E-state index is -0.514. The van der Waals surface area contributed by atoms with Gasteiger partial charge in [0.2, 0.25) is 0 Å². The molecular weight excluding hydrogens is 444 g/mol. The van der Waals surface area contributed by atoms with Crippen LogP contribution >= 0.6 is 15.9 Å². The first-order valence-corrected chi connectivity index (χ1v) is 9.95. The third-order valence-electron chi connectivity index (χ3n) is 4.08. The molecule has 0 heterocycles. The number of aryl methyl sites for hydroxylation is 1. The van der Waals surface area contributed by atoms with Gasteiger partial charge in [-0.05, 0) is 48.9 Å². The number of amides is 1. The van der Waals surface area contributed by atoms with Crippen LogP contribution < -0.4 is 10.2 Å². The second-order valence-corrected chi connectivity index (χ2v) is 7.33. The van der Waals surface area contributed by atoms with E-state index in [1.54, 1.807) is 36.4 Å². The summed E-state index contributed by atoms with van der Waals surface area (Å²) in [7, 11) is 0. The second-order valence-electron chi connectivity index (χ2n) is 6.41. The number of hydrogen-bond donors (Lipinski definition) is 1. The molecule has 30 heavy (non-hydrogen) atoms. The second kappa shape index (κ2) is 10.3. The fraction of sp³-hybridized carbons (Fsp3) is 0.0417. The third-order valence-corrected chi connectivity index (χ3v) is 4.57. The van der Waals surface area contributed by atoms with Crippen LogP contribution in [0.5, 0.6) is 5.75 Å². The molecule has 0 aliphatic rings. The Morgan fingerprint density at radius 2 is 1.73 bits per heavy atom. The minimum absolute atomic E-state index is 0.328. The molecule has 0 aromatic heterocycles. The molecule has 3 rings (SSSR count). The summed E-state index contributed by atoms with van der Waals surface area (Å²) in [5.41, 5.74) is 5.48. The van der Waals surface area contributed by atoms with Gasteiger partial charge in [-0.1, -0.05) is 64.0 Å². The van der Waals surface area contributed by atoms with Crippen molar-refractivity contribution in [2.75, 3.05) is 0 Å². The van der Waals surface area contributed by atoms with E-state index in [0.29, 0.717) is 16.9 Å². The molecule has 150 valence electrons. The van der Waals surface area contributed by atoms with Gasteiger partial charge in [-0.15, -0.1) is 0 Å². The number of nitrogens with zero attached hydrogens (tertiary/aromatic N) is 1. The Labute approximate surface area is 183 Å². The van der Waals surface area contributed by atoms with Gasteiger partial charge in [-0.25, -0.2) is 10.2 Å². The molecule has 0 unspecified atom stereocenters. The van der Waals surface area contributed by atoms with Gasteiger partial charge in [-0.3, -0.25) is 4.79 Å². The largest absolute Gasteiger partial charge is 0.423 e. The zero-order chi connectivity index (χ0) is 21.3. The maximum Gasteiger partial charge on any atom is 0.336 e. The topological polar surface area (TPSA) is 67.8 Å². The minimum Gasteiger partial charge on any atom is -0.423 e. The lowest BCUT2D eigenvalue weighted by atomic mass is 10.1. The first-order chi connectivity index (χ1) is 14.5. The molecule has 0 saturated heterocycles. The van der Waals surface area contributed by atoms with E-state index in [1.165, 1.54) is 12.3 Å². The fourth-order valence-electron chi connectivity index (χ4n) is 2.51.